The Kier molecular flexibility index (Phi) is 6.80. The largest absolute Gasteiger partial charge is 0.402 e. The first-order valence-electron chi connectivity index (χ1n) is 11.4. The van der Waals surface area contributed by atoms with Gasteiger partial charge in [-0.1, -0.05) is 88.4 Å². The predicted molar refractivity (Wildman–Crippen MR) is 131 cm³/mol. The Bertz CT molecular complexity index is 840. The maximum Gasteiger partial charge on any atom is 0.261 e. The van der Waals surface area contributed by atoms with Crippen LogP contribution < -0.4 is 21.4 Å². The number of nitrogens with one attached hydrogen (secondary N) is 1. The molecule has 2 aromatic carbocycles. The quantitative estimate of drug-likeness (QED) is 0.650. The maximum atomic E-state index is 12.5. The molecular formula is C26H38N2O2Si. The van der Waals surface area contributed by atoms with E-state index in [1.165, 1.54) is 10.4 Å². The standard InChI is InChI=1S/C26H38N2O2Si/c1-7-23(26(6)22(19(2)27)18-24(29)28-26)30-31(25(3,4)5,20-14-10-8-11-15-20)21-16-12-9-13-17-21/h8-17,19,22-23H,7,18,27H2,1-6H3,(H,28,29)/t19-,22+,23+,26-/m0/s1. The van der Waals surface area contributed by atoms with Crippen LogP contribution in [0.25, 0.3) is 0 Å². The van der Waals surface area contributed by atoms with Crippen molar-refractivity contribution in [1.29, 1.82) is 0 Å². The zero-order valence-electron chi connectivity index (χ0n) is 19.8. The van der Waals surface area contributed by atoms with Crippen LogP contribution in [0.1, 0.15) is 54.4 Å². The first kappa shape index (κ1) is 23.7. The van der Waals surface area contributed by atoms with Crippen molar-refractivity contribution in [3.8, 4) is 0 Å². The third kappa shape index (κ3) is 4.23. The van der Waals surface area contributed by atoms with Crippen LogP contribution in [0.15, 0.2) is 60.7 Å². The first-order valence-corrected chi connectivity index (χ1v) is 13.3. The minimum absolute atomic E-state index is 0.0307. The van der Waals surface area contributed by atoms with E-state index in [-0.39, 0.29) is 29.0 Å². The number of rotatable bonds is 7. The lowest BCUT2D eigenvalue weighted by atomic mass is 9.78. The van der Waals surface area contributed by atoms with Crippen molar-refractivity contribution in [2.75, 3.05) is 0 Å². The molecule has 0 spiro atoms. The molecule has 4 atom stereocenters. The third-order valence-electron chi connectivity index (χ3n) is 6.99. The lowest BCUT2D eigenvalue weighted by Crippen LogP contribution is -2.71. The molecule has 2 aromatic rings. The minimum atomic E-state index is -2.73. The molecule has 4 nitrogen and oxygen atoms in total. The van der Waals surface area contributed by atoms with Gasteiger partial charge >= 0.3 is 0 Å². The Labute approximate surface area is 188 Å². The molecule has 0 unspecified atom stereocenters. The molecule has 1 saturated heterocycles. The SMILES string of the molecule is CC[C@@H](O[Si](c1ccccc1)(c1ccccc1)C(C)(C)C)[C@@]1(C)NC(=O)C[C@@H]1[C@H](C)N. The molecule has 1 heterocycles. The lowest BCUT2D eigenvalue weighted by Gasteiger charge is -2.49. The fourth-order valence-electron chi connectivity index (χ4n) is 5.44. The van der Waals surface area contributed by atoms with Crippen molar-refractivity contribution >= 4 is 24.6 Å². The van der Waals surface area contributed by atoms with Crippen LogP contribution in [-0.2, 0) is 9.22 Å². The van der Waals surface area contributed by atoms with E-state index in [4.69, 9.17) is 10.2 Å². The Morgan fingerprint density at radius 3 is 1.97 bits per heavy atom. The number of benzene rings is 2. The molecule has 0 bridgehead atoms. The lowest BCUT2D eigenvalue weighted by molar-refractivity contribution is -0.120. The molecule has 31 heavy (non-hydrogen) atoms. The maximum absolute atomic E-state index is 12.5. The van der Waals surface area contributed by atoms with E-state index in [9.17, 15) is 4.79 Å². The van der Waals surface area contributed by atoms with Gasteiger partial charge in [-0.25, -0.2) is 0 Å². The molecule has 3 rings (SSSR count). The van der Waals surface area contributed by atoms with Crippen LogP contribution in [0.3, 0.4) is 0 Å². The molecule has 168 valence electrons. The number of hydrogen-bond donors (Lipinski definition) is 2. The Morgan fingerprint density at radius 1 is 1.10 bits per heavy atom. The normalized spacial score (nSPS) is 24.0. The minimum Gasteiger partial charge on any atom is -0.402 e. The summed E-state index contributed by atoms with van der Waals surface area (Å²) >= 11 is 0. The van der Waals surface area contributed by atoms with Crippen LogP contribution in [0.5, 0.6) is 0 Å². The van der Waals surface area contributed by atoms with Crippen LogP contribution in [-0.4, -0.2) is 31.9 Å². The van der Waals surface area contributed by atoms with Crippen molar-refractivity contribution < 1.29 is 9.22 Å². The summed E-state index contributed by atoms with van der Waals surface area (Å²) < 4.78 is 7.41. The van der Waals surface area contributed by atoms with Crippen LogP contribution in [0, 0.1) is 5.92 Å². The summed E-state index contributed by atoms with van der Waals surface area (Å²) in [4.78, 5) is 12.5. The van der Waals surface area contributed by atoms with Gasteiger partial charge in [0, 0.05) is 18.4 Å². The number of hydrogen-bond acceptors (Lipinski definition) is 3. The summed E-state index contributed by atoms with van der Waals surface area (Å²) in [6.45, 7) is 13.1. The Morgan fingerprint density at radius 2 is 1.58 bits per heavy atom. The zero-order valence-corrected chi connectivity index (χ0v) is 20.8. The molecule has 5 heteroatoms. The van der Waals surface area contributed by atoms with Crippen molar-refractivity contribution in [2.45, 2.75) is 77.1 Å². The topological polar surface area (TPSA) is 64.3 Å². The monoisotopic (exact) mass is 438 g/mol. The second kappa shape index (κ2) is 8.89. The van der Waals surface area contributed by atoms with Gasteiger partial charge in [0.2, 0.25) is 5.91 Å². The smallest absolute Gasteiger partial charge is 0.261 e. The third-order valence-corrected chi connectivity index (χ3v) is 12.0. The molecular weight excluding hydrogens is 400 g/mol. The highest BCUT2D eigenvalue weighted by Gasteiger charge is 2.56. The van der Waals surface area contributed by atoms with Gasteiger partial charge in [-0.15, -0.1) is 0 Å². The van der Waals surface area contributed by atoms with E-state index in [0.717, 1.165) is 6.42 Å². The van der Waals surface area contributed by atoms with Gasteiger partial charge in [-0.2, -0.15) is 0 Å². The molecule has 1 amide bonds. The summed E-state index contributed by atoms with van der Waals surface area (Å²) in [7, 11) is -2.73. The molecule has 0 aliphatic carbocycles. The number of amides is 1. The van der Waals surface area contributed by atoms with Crippen molar-refractivity contribution in [3.63, 3.8) is 0 Å². The molecule has 3 N–H and O–H groups in total. The van der Waals surface area contributed by atoms with E-state index in [1.807, 2.05) is 6.92 Å². The van der Waals surface area contributed by atoms with Crippen LogP contribution >= 0.6 is 0 Å². The summed E-state index contributed by atoms with van der Waals surface area (Å²) in [6.07, 6.45) is 1.10. The molecule has 1 aliphatic heterocycles. The Balaban J connectivity index is 2.19. The van der Waals surface area contributed by atoms with Crippen molar-refractivity contribution in [3.05, 3.63) is 60.7 Å². The fraction of sp³-hybridized carbons (Fsp3) is 0.500. The van der Waals surface area contributed by atoms with E-state index in [0.29, 0.717) is 6.42 Å². The number of nitrogens with two attached hydrogens (primary N) is 1. The van der Waals surface area contributed by atoms with E-state index >= 15 is 0 Å². The Hall–Kier alpha value is -1.95. The van der Waals surface area contributed by atoms with Gasteiger partial charge in [0.1, 0.15) is 0 Å². The zero-order chi connectivity index (χ0) is 22.9. The molecule has 0 saturated carbocycles. The van der Waals surface area contributed by atoms with Gasteiger partial charge in [0.15, 0.2) is 0 Å². The average molecular weight is 439 g/mol. The van der Waals surface area contributed by atoms with Crippen molar-refractivity contribution in [2.24, 2.45) is 11.7 Å². The highest BCUT2D eigenvalue weighted by Crippen LogP contribution is 2.42. The van der Waals surface area contributed by atoms with Gasteiger partial charge < -0.3 is 15.5 Å². The van der Waals surface area contributed by atoms with E-state index in [2.05, 4.69) is 101 Å². The molecule has 1 aliphatic rings. The fourth-order valence-corrected chi connectivity index (χ4v) is 10.3. The van der Waals surface area contributed by atoms with Gasteiger partial charge in [0.25, 0.3) is 8.32 Å². The predicted octanol–water partition coefficient (Wildman–Crippen LogP) is 3.58. The van der Waals surface area contributed by atoms with Crippen LogP contribution in [0.2, 0.25) is 5.04 Å². The summed E-state index contributed by atoms with van der Waals surface area (Å²) in [5.41, 5.74) is 5.86. The van der Waals surface area contributed by atoms with Crippen LogP contribution in [0.4, 0.5) is 0 Å². The second-order valence-electron chi connectivity index (χ2n) is 10.2. The van der Waals surface area contributed by atoms with E-state index < -0.39 is 13.9 Å². The summed E-state index contributed by atoms with van der Waals surface area (Å²) in [5.74, 6) is 0.0949. The molecule has 0 aromatic heterocycles. The highest BCUT2D eigenvalue weighted by molar-refractivity contribution is 6.99. The first-order chi connectivity index (χ1) is 14.6. The van der Waals surface area contributed by atoms with Gasteiger partial charge in [0.05, 0.1) is 11.6 Å². The van der Waals surface area contributed by atoms with E-state index in [1.54, 1.807) is 0 Å². The van der Waals surface area contributed by atoms with Gasteiger partial charge in [-0.3, -0.25) is 4.79 Å². The molecule has 1 fully saturated rings. The van der Waals surface area contributed by atoms with Gasteiger partial charge in [-0.05, 0) is 35.7 Å². The average Bonchev–Trinajstić information content (AvgIpc) is 3.04. The summed E-state index contributed by atoms with van der Waals surface area (Å²) in [5, 5.41) is 5.64. The second-order valence-corrected chi connectivity index (χ2v) is 14.4. The molecule has 0 radical (unpaired) electrons. The number of carbonyl (C=O) groups excluding carboxylic acids is 1. The van der Waals surface area contributed by atoms with Crippen molar-refractivity contribution in [1.82, 2.24) is 5.32 Å². The number of carbonyl (C=O) groups is 1. The summed E-state index contributed by atoms with van der Waals surface area (Å²) in [6, 6.07) is 21.2. The highest BCUT2D eigenvalue weighted by atomic mass is 28.4.